The highest BCUT2D eigenvalue weighted by molar-refractivity contribution is 9.11. The van der Waals surface area contributed by atoms with Gasteiger partial charge in [0, 0.05) is 18.5 Å². The minimum absolute atomic E-state index is 0.783. The zero-order valence-electron chi connectivity index (χ0n) is 10.7. The van der Waals surface area contributed by atoms with Crippen molar-refractivity contribution in [2.24, 2.45) is 0 Å². The lowest BCUT2D eigenvalue weighted by Crippen LogP contribution is -2.13. The maximum atomic E-state index is 5.28. The highest BCUT2D eigenvalue weighted by Gasteiger charge is 2.07. The van der Waals surface area contributed by atoms with Gasteiger partial charge in [-0.05, 0) is 56.5 Å². The fourth-order valence-corrected chi connectivity index (χ4v) is 3.95. The molecule has 0 radical (unpaired) electrons. The zero-order chi connectivity index (χ0) is 13.8. The van der Waals surface area contributed by atoms with E-state index in [0.717, 1.165) is 38.5 Å². The molecular weight excluding hydrogens is 392 g/mol. The van der Waals surface area contributed by atoms with Crippen LogP contribution in [0.2, 0.25) is 0 Å². The van der Waals surface area contributed by atoms with Crippen LogP contribution in [0.3, 0.4) is 0 Å². The van der Waals surface area contributed by atoms with Crippen molar-refractivity contribution < 1.29 is 4.74 Å². The van der Waals surface area contributed by atoms with Crippen LogP contribution in [-0.2, 0) is 13.1 Å². The van der Waals surface area contributed by atoms with Crippen molar-refractivity contribution in [1.82, 2.24) is 10.3 Å². The Morgan fingerprint density at radius 2 is 1.95 bits per heavy atom. The summed E-state index contributed by atoms with van der Waals surface area (Å²) in [4.78, 5) is 4.42. The van der Waals surface area contributed by atoms with Crippen LogP contribution < -0.4 is 10.1 Å². The number of benzene rings is 1. The minimum atomic E-state index is 0.783. The lowest BCUT2D eigenvalue weighted by Gasteiger charge is -2.09. The van der Waals surface area contributed by atoms with E-state index in [1.807, 2.05) is 6.92 Å². The number of halogens is 2. The first-order valence-electron chi connectivity index (χ1n) is 5.73. The van der Waals surface area contributed by atoms with Gasteiger partial charge in [-0.3, -0.25) is 0 Å². The molecule has 2 rings (SSSR count). The van der Waals surface area contributed by atoms with Gasteiger partial charge in [-0.2, -0.15) is 0 Å². The number of aryl methyl sites for hydroxylation is 1. The van der Waals surface area contributed by atoms with Crippen LogP contribution in [-0.4, -0.2) is 12.1 Å². The molecule has 2 aromatic rings. The second kappa shape index (κ2) is 6.83. The molecule has 0 fully saturated rings. The van der Waals surface area contributed by atoms with Gasteiger partial charge in [0.05, 0.1) is 26.8 Å². The van der Waals surface area contributed by atoms with Crippen LogP contribution in [0.15, 0.2) is 26.5 Å². The number of hydrogen-bond donors (Lipinski definition) is 1. The normalized spacial score (nSPS) is 10.7. The lowest BCUT2D eigenvalue weighted by atomic mass is 10.2. The molecule has 3 nitrogen and oxygen atoms in total. The predicted octanol–water partition coefficient (Wildman–Crippen LogP) is 4.27. The predicted molar refractivity (Wildman–Crippen MR) is 85.8 cm³/mol. The summed E-state index contributed by atoms with van der Waals surface area (Å²) in [5.74, 6) is 0.818. The third kappa shape index (κ3) is 4.02. The quantitative estimate of drug-likeness (QED) is 0.806. The average molecular weight is 406 g/mol. The van der Waals surface area contributed by atoms with Crippen molar-refractivity contribution in [3.63, 3.8) is 0 Å². The van der Waals surface area contributed by atoms with Crippen LogP contribution in [0.1, 0.15) is 16.3 Å². The fourth-order valence-electron chi connectivity index (χ4n) is 1.73. The first-order valence-corrected chi connectivity index (χ1v) is 8.20. The molecule has 1 heterocycles. The number of methoxy groups -OCH3 is 1. The molecule has 0 saturated heterocycles. The van der Waals surface area contributed by atoms with Gasteiger partial charge in [-0.15, -0.1) is 11.3 Å². The SMILES string of the molecule is COc1c(Br)cc(CNCc2csc(C)n2)cc1Br. The van der Waals surface area contributed by atoms with Crippen LogP contribution in [0.25, 0.3) is 0 Å². The van der Waals surface area contributed by atoms with E-state index >= 15 is 0 Å². The molecule has 0 bridgehead atoms. The monoisotopic (exact) mass is 404 g/mol. The lowest BCUT2D eigenvalue weighted by molar-refractivity contribution is 0.409. The Balaban J connectivity index is 1.96. The third-order valence-electron chi connectivity index (χ3n) is 2.56. The smallest absolute Gasteiger partial charge is 0.147 e. The summed E-state index contributed by atoms with van der Waals surface area (Å²) in [5.41, 5.74) is 2.28. The largest absolute Gasteiger partial charge is 0.494 e. The molecule has 0 unspecified atom stereocenters. The first kappa shape index (κ1) is 15.0. The van der Waals surface area contributed by atoms with Gasteiger partial charge in [0.1, 0.15) is 5.75 Å². The topological polar surface area (TPSA) is 34.1 Å². The summed E-state index contributed by atoms with van der Waals surface area (Å²) in [6, 6.07) is 4.12. The Morgan fingerprint density at radius 1 is 1.26 bits per heavy atom. The van der Waals surface area contributed by atoms with Crippen molar-refractivity contribution in [1.29, 1.82) is 0 Å². The van der Waals surface area contributed by atoms with Crippen molar-refractivity contribution >= 4 is 43.2 Å². The van der Waals surface area contributed by atoms with Gasteiger partial charge in [0.2, 0.25) is 0 Å². The highest BCUT2D eigenvalue weighted by atomic mass is 79.9. The molecule has 6 heteroatoms. The van der Waals surface area contributed by atoms with Gasteiger partial charge < -0.3 is 10.1 Å². The Hall–Kier alpha value is -0.430. The maximum Gasteiger partial charge on any atom is 0.147 e. The van der Waals surface area contributed by atoms with E-state index in [9.17, 15) is 0 Å². The fraction of sp³-hybridized carbons (Fsp3) is 0.308. The molecule has 1 N–H and O–H groups in total. The van der Waals surface area contributed by atoms with Crippen LogP contribution in [0.5, 0.6) is 5.75 Å². The van der Waals surface area contributed by atoms with E-state index in [-0.39, 0.29) is 0 Å². The van der Waals surface area contributed by atoms with Crippen molar-refractivity contribution in [3.05, 3.63) is 42.7 Å². The summed E-state index contributed by atoms with van der Waals surface area (Å²) in [5, 5.41) is 6.57. The number of rotatable bonds is 5. The zero-order valence-corrected chi connectivity index (χ0v) is 14.7. The molecule has 19 heavy (non-hydrogen) atoms. The molecule has 0 aliphatic heterocycles. The molecule has 0 saturated carbocycles. The Labute approximate surface area is 133 Å². The summed E-state index contributed by atoms with van der Waals surface area (Å²) in [6.07, 6.45) is 0. The Morgan fingerprint density at radius 3 is 2.47 bits per heavy atom. The average Bonchev–Trinajstić information content (AvgIpc) is 2.75. The number of aromatic nitrogens is 1. The standard InChI is InChI=1S/C13H14Br2N2OS/c1-8-17-10(7-19-8)6-16-5-9-3-11(14)13(18-2)12(15)4-9/h3-4,7,16H,5-6H2,1-2H3. The molecule has 0 amide bonds. The van der Waals surface area contributed by atoms with Gasteiger partial charge in [0.15, 0.2) is 0 Å². The van der Waals surface area contributed by atoms with Crippen LogP contribution >= 0.6 is 43.2 Å². The molecule has 0 aliphatic carbocycles. The molecular formula is C13H14Br2N2OS. The van der Waals surface area contributed by atoms with Crippen LogP contribution in [0, 0.1) is 6.92 Å². The van der Waals surface area contributed by atoms with E-state index in [0.29, 0.717) is 0 Å². The molecule has 0 aliphatic rings. The van der Waals surface area contributed by atoms with Crippen molar-refractivity contribution in [2.45, 2.75) is 20.0 Å². The molecule has 102 valence electrons. The van der Waals surface area contributed by atoms with Crippen molar-refractivity contribution in [3.8, 4) is 5.75 Å². The maximum absolute atomic E-state index is 5.28. The number of thiazole rings is 1. The van der Waals surface area contributed by atoms with Gasteiger partial charge in [0.25, 0.3) is 0 Å². The highest BCUT2D eigenvalue weighted by Crippen LogP contribution is 2.34. The third-order valence-corrected chi connectivity index (χ3v) is 4.56. The second-order valence-corrected chi connectivity index (χ2v) is 6.83. The van der Waals surface area contributed by atoms with Crippen LogP contribution in [0.4, 0.5) is 0 Å². The van der Waals surface area contributed by atoms with Gasteiger partial charge in [-0.1, -0.05) is 0 Å². The van der Waals surface area contributed by atoms with E-state index in [4.69, 9.17) is 4.74 Å². The summed E-state index contributed by atoms with van der Waals surface area (Å²) >= 11 is 8.69. The summed E-state index contributed by atoms with van der Waals surface area (Å²) in [7, 11) is 1.66. The second-order valence-electron chi connectivity index (χ2n) is 4.05. The van der Waals surface area contributed by atoms with Crippen molar-refractivity contribution in [2.75, 3.05) is 7.11 Å². The van der Waals surface area contributed by atoms with E-state index < -0.39 is 0 Å². The first-order chi connectivity index (χ1) is 9.10. The van der Waals surface area contributed by atoms with Gasteiger partial charge in [-0.25, -0.2) is 4.98 Å². The Bertz CT molecular complexity index is 549. The minimum Gasteiger partial charge on any atom is -0.494 e. The number of nitrogens with one attached hydrogen (secondary N) is 1. The summed E-state index contributed by atoms with van der Waals surface area (Å²) < 4.78 is 7.18. The molecule has 0 spiro atoms. The number of nitrogens with zero attached hydrogens (tertiary/aromatic N) is 1. The summed E-state index contributed by atoms with van der Waals surface area (Å²) in [6.45, 7) is 3.59. The molecule has 1 aromatic heterocycles. The van der Waals surface area contributed by atoms with E-state index in [1.165, 1.54) is 5.56 Å². The number of ether oxygens (including phenoxy) is 1. The van der Waals surface area contributed by atoms with E-state index in [1.54, 1.807) is 18.4 Å². The Kier molecular flexibility index (Phi) is 5.38. The molecule has 0 atom stereocenters. The van der Waals surface area contributed by atoms with E-state index in [2.05, 4.69) is 59.7 Å². The molecule has 1 aromatic carbocycles. The number of hydrogen-bond acceptors (Lipinski definition) is 4. The van der Waals surface area contributed by atoms with Gasteiger partial charge >= 0.3 is 0 Å².